The van der Waals surface area contributed by atoms with Crippen molar-refractivity contribution in [2.24, 2.45) is 4.99 Å². The number of nitrogens with zero attached hydrogens (tertiary/aromatic N) is 2. The summed E-state index contributed by atoms with van der Waals surface area (Å²) in [6.45, 7) is 2.17. The molecular weight excluding hydrogens is 328 g/mol. The second kappa shape index (κ2) is 8.15. The molecular formula is C21H24N2O3. The summed E-state index contributed by atoms with van der Waals surface area (Å²) in [6.07, 6.45) is 0.963. The molecule has 26 heavy (non-hydrogen) atoms. The maximum atomic E-state index is 11.0. The quantitative estimate of drug-likeness (QED) is 0.812. The van der Waals surface area contributed by atoms with Crippen LogP contribution in [0.5, 0.6) is 5.75 Å². The number of rotatable bonds is 6. The molecule has 0 bridgehead atoms. The van der Waals surface area contributed by atoms with E-state index in [1.54, 1.807) is 0 Å². The highest BCUT2D eigenvalue weighted by Crippen LogP contribution is 2.30. The Labute approximate surface area is 153 Å². The number of hydrogen-bond donors (Lipinski definition) is 1. The van der Waals surface area contributed by atoms with Gasteiger partial charge in [-0.3, -0.25) is 9.79 Å². The van der Waals surface area contributed by atoms with E-state index in [0.29, 0.717) is 12.4 Å². The van der Waals surface area contributed by atoms with Crippen molar-refractivity contribution in [2.75, 3.05) is 27.2 Å². The Morgan fingerprint density at radius 2 is 2.00 bits per heavy atom. The van der Waals surface area contributed by atoms with Gasteiger partial charge in [-0.25, -0.2) is 0 Å². The van der Waals surface area contributed by atoms with Crippen LogP contribution >= 0.6 is 0 Å². The molecule has 1 aliphatic heterocycles. The minimum Gasteiger partial charge on any atom is -0.488 e. The maximum Gasteiger partial charge on any atom is 0.307 e. The van der Waals surface area contributed by atoms with Crippen LogP contribution in [-0.4, -0.2) is 48.9 Å². The van der Waals surface area contributed by atoms with E-state index < -0.39 is 5.97 Å². The molecule has 0 fully saturated rings. The first-order valence-electron chi connectivity index (χ1n) is 8.80. The van der Waals surface area contributed by atoms with Crippen molar-refractivity contribution in [3.8, 4) is 5.75 Å². The molecule has 1 aliphatic rings. The number of ether oxygens (including phenoxy) is 1. The van der Waals surface area contributed by atoms with Gasteiger partial charge in [-0.1, -0.05) is 30.3 Å². The third-order valence-electron chi connectivity index (χ3n) is 4.35. The van der Waals surface area contributed by atoms with Gasteiger partial charge in [-0.05, 0) is 50.3 Å². The Bertz CT molecular complexity index is 828. The van der Waals surface area contributed by atoms with Crippen molar-refractivity contribution >= 4 is 11.7 Å². The average molecular weight is 352 g/mol. The number of carboxylic acids is 1. The minimum atomic E-state index is -0.848. The van der Waals surface area contributed by atoms with E-state index in [1.807, 2.05) is 30.3 Å². The number of benzene rings is 2. The molecule has 3 rings (SSSR count). The molecule has 5 heteroatoms. The van der Waals surface area contributed by atoms with Crippen molar-refractivity contribution in [2.45, 2.75) is 19.4 Å². The molecule has 0 saturated heterocycles. The van der Waals surface area contributed by atoms with Gasteiger partial charge >= 0.3 is 5.97 Å². The van der Waals surface area contributed by atoms with Gasteiger partial charge in [0.1, 0.15) is 12.4 Å². The highest BCUT2D eigenvalue weighted by Gasteiger charge is 2.20. The first-order chi connectivity index (χ1) is 12.5. The summed E-state index contributed by atoms with van der Waals surface area (Å²) in [5.41, 5.74) is 4.76. The van der Waals surface area contributed by atoms with Gasteiger partial charge in [-0.15, -0.1) is 0 Å². The van der Waals surface area contributed by atoms with E-state index >= 15 is 0 Å². The SMILES string of the molecule is CN(C)CCC/N=C1/c2ccccc2COc2cc(CC(=O)O)ccc21. The van der Waals surface area contributed by atoms with Gasteiger partial charge in [0, 0.05) is 17.7 Å². The monoisotopic (exact) mass is 352 g/mol. The molecule has 1 heterocycles. The van der Waals surface area contributed by atoms with Crippen LogP contribution in [0.3, 0.4) is 0 Å². The van der Waals surface area contributed by atoms with Crippen LogP contribution in [-0.2, 0) is 17.8 Å². The lowest BCUT2D eigenvalue weighted by Gasteiger charge is -2.12. The van der Waals surface area contributed by atoms with Crippen LogP contribution in [0.2, 0.25) is 0 Å². The summed E-state index contributed by atoms with van der Waals surface area (Å²) in [7, 11) is 4.11. The lowest BCUT2D eigenvalue weighted by atomic mass is 9.97. The van der Waals surface area contributed by atoms with E-state index in [-0.39, 0.29) is 6.42 Å². The average Bonchev–Trinajstić information content (AvgIpc) is 2.75. The molecule has 0 unspecified atom stereocenters. The summed E-state index contributed by atoms with van der Waals surface area (Å²) in [6, 6.07) is 13.7. The molecule has 0 saturated carbocycles. The van der Waals surface area contributed by atoms with Crippen molar-refractivity contribution in [1.82, 2.24) is 4.90 Å². The van der Waals surface area contributed by atoms with Crippen LogP contribution in [0.4, 0.5) is 0 Å². The molecule has 2 aromatic carbocycles. The summed E-state index contributed by atoms with van der Waals surface area (Å²) >= 11 is 0. The third kappa shape index (κ3) is 4.29. The molecule has 0 amide bonds. The lowest BCUT2D eigenvalue weighted by Crippen LogP contribution is -2.14. The Morgan fingerprint density at radius 1 is 1.19 bits per heavy atom. The lowest BCUT2D eigenvalue weighted by molar-refractivity contribution is -0.136. The molecule has 0 spiro atoms. The Balaban J connectivity index is 1.98. The summed E-state index contributed by atoms with van der Waals surface area (Å²) in [4.78, 5) is 18.0. The summed E-state index contributed by atoms with van der Waals surface area (Å²) in [5, 5.41) is 9.04. The van der Waals surface area contributed by atoms with Crippen molar-refractivity contribution < 1.29 is 14.6 Å². The predicted octanol–water partition coefficient (Wildman–Crippen LogP) is 3.00. The van der Waals surface area contributed by atoms with Crippen LogP contribution in [0.25, 0.3) is 0 Å². The fraction of sp³-hybridized carbons (Fsp3) is 0.333. The normalized spacial score (nSPS) is 14.5. The first-order valence-corrected chi connectivity index (χ1v) is 8.80. The van der Waals surface area contributed by atoms with Gasteiger partial charge in [0.25, 0.3) is 0 Å². The zero-order valence-corrected chi connectivity index (χ0v) is 15.2. The van der Waals surface area contributed by atoms with Crippen LogP contribution in [0.15, 0.2) is 47.5 Å². The smallest absolute Gasteiger partial charge is 0.307 e. The topological polar surface area (TPSA) is 62.1 Å². The van der Waals surface area contributed by atoms with Crippen molar-refractivity contribution in [1.29, 1.82) is 0 Å². The Kier molecular flexibility index (Phi) is 5.68. The largest absolute Gasteiger partial charge is 0.488 e. The standard InChI is InChI=1S/C21H24N2O3/c1-23(2)11-5-10-22-21-17-7-4-3-6-16(17)14-26-19-12-15(13-20(24)25)8-9-18(19)21/h3-4,6-9,12H,5,10-11,13-14H2,1-2H3,(H,24,25)/b22-21-. The molecule has 2 aromatic rings. The molecule has 0 atom stereocenters. The fourth-order valence-electron chi connectivity index (χ4n) is 3.09. The molecule has 0 aliphatic carbocycles. The van der Waals surface area contributed by atoms with Gasteiger partial charge in [0.05, 0.1) is 12.1 Å². The molecule has 5 nitrogen and oxygen atoms in total. The summed E-state index contributed by atoms with van der Waals surface area (Å²) < 4.78 is 5.99. The van der Waals surface area contributed by atoms with Crippen LogP contribution < -0.4 is 4.74 Å². The second-order valence-electron chi connectivity index (χ2n) is 6.73. The van der Waals surface area contributed by atoms with Gasteiger partial charge < -0.3 is 14.7 Å². The number of aliphatic imine (C=N–C) groups is 1. The number of carboxylic acid groups (broad SMARTS) is 1. The Morgan fingerprint density at radius 3 is 2.77 bits per heavy atom. The van der Waals surface area contributed by atoms with Gasteiger partial charge in [-0.2, -0.15) is 0 Å². The van der Waals surface area contributed by atoms with Gasteiger partial charge in [0.2, 0.25) is 0 Å². The summed E-state index contributed by atoms with van der Waals surface area (Å²) in [5.74, 6) is -0.147. The zero-order chi connectivity index (χ0) is 18.5. The fourth-order valence-corrected chi connectivity index (χ4v) is 3.09. The van der Waals surface area contributed by atoms with Crippen molar-refractivity contribution in [3.63, 3.8) is 0 Å². The number of fused-ring (bicyclic) bond motifs is 2. The molecule has 0 aromatic heterocycles. The van der Waals surface area contributed by atoms with Gasteiger partial charge in [0.15, 0.2) is 0 Å². The van der Waals surface area contributed by atoms with E-state index in [4.69, 9.17) is 14.8 Å². The number of aliphatic carboxylic acids is 1. The van der Waals surface area contributed by atoms with Crippen LogP contribution in [0.1, 0.15) is 28.7 Å². The third-order valence-corrected chi connectivity index (χ3v) is 4.35. The van der Waals surface area contributed by atoms with E-state index in [9.17, 15) is 4.79 Å². The Hall–Kier alpha value is -2.66. The molecule has 1 N–H and O–H groups in total. The van der Waals surface area contributed by atoms with E-state index in [0.717, 1.165) is 47.5 Å². The first kappa shape index (κ1) is 18.1. The van der Waals surface area contributed by atoms with Crippen LogP contribution in [0, 0.1) is 0 Å². The second-order valence-corrected chi connectivity index (χ2v) is 6.73. The molecule has 0 radical (unpaired) electrons. The number of hydrogen-bond acceptors (Lipinski definition) is 4. The minimum absolute atomic E-state index is 0.0150. The molecule has 136 valence electrons. The highest BCUT2D eigenvalue weighted by atomic mass is 16.5. The number of carbonyl (C=O) groups is 1. The maximum absolute atomic E-state index is 11.0. The van der Waals surface area contributed by atoms with E-state index in [1.165, 1.54) is 0 Å². The zero-order valence-electron chi connectivity index (χ0n) is 15.2. The van der Waals surface area contributed by atoms with E-state index in [2.05, 4.69) is 31.1 Å². The predicted molar refractivity (Wildman–Crippen MR) is 102 cm³/mol. The highest BCUT2D eigenvalue weighted by molar-refractivity contribution is 6.15. The van der Waals surface area contributed by atoms with Crippen molar-refractivity contribution in [3.05, 3.63) is 64.7 Å².